The van der Waals surface area contributed by atoms with E-state index in [4.69, 9.17) is 4.74 Å². The van der Waals surface area contributed by atoms with Crippen molar-refractivity contribution in [3.05, 3.63) is 28.2 Å². The fraction of sp³-hybridized carbons (Fsp3) is 0.625. The molecule has 1 aliphatic rings. The predicted molar refractivity (Wildman–Crippen MR) is 85.1 cm³/mol. The summed E-state index contributed by atoms with van der Waals surface area (Å²) in [4.78, 5) is 2.42. The highest BCUT2D eigenvalue weighted by Gasteiger charge is 2.21. The van der Waals surface area contributed by atoms with Gasteiger partial charge in [-0.3, -0.25) is 4.90 Å². The number of ether oxygens (including phenoxy) is 1. The lowest BCUT2D eigenvalue weighted by atomic mass is 9.94. The second-order valence-corrected chi connectivity index (χ2v) is 6.31. The SMILES string of the molecule is COc1ccc(CN(CCO)C2CCCCC2)cc1Br. The van der Waals surface area contributed by atoms with E-state index >= 15 is 0 Å². The van der Waals surface area contributed by atoms with Crippen LogP contribution >= 0.6 is 15.9 Å². The summed E-state index contributed by atoms with van der Waals surface area (Å²) in [5, 5.41) is 9.31. The molecular formula is C16H24BrNO2. The first-order valence-electron chi connectivity index (χ1n) is 7.42. The molecule has 0 bridgehead atoms. The molecule has 1 aliphatic carbocycles. The molecule has 0 saturated heterocycles. The van der Waals surface area contributed by atoms with Gasteiger partial charge in [0, 0.05) is 19.1 Å². The third kappa shape index (κ3) is 4.21. The van der Waals surface area contributed by atoms with Gasteiger partial charge in [-0.15, -0.1) is 0 Å². The molecule has 0 radical (unpaired) electrons. The van der Waals surface area contributed by atoms with E-state index in [0.717, 1.165) is 23.3 Å². The zero-order valence-electron chi connectivity index (χ0n) is 12.1. The summed E-state index contributed by atoms with van der Waals surface area (Å²) in [6, 6.07) is 6.84. The lowest BCUT2D eigenvalue weighted by Gasteiger charge is -2.34. The molecule has 0 aliphatic heterocycles. The van der Waals surface area contributed by atoms with Gasteiger partial charge in [0.2, 0.25) is 0 Å². The van der Waals surface area contributed by atoms with Crippen LogP contribution in [0.1, 0.15) is 37.7 Å². The molecule has 20 heavy (non-hydrogen) atoms. The number of rotatable bonds is 6. The van der Waals surface area contributed by atoms with E-state index in [-0.39, 0.29) is 6.61 Å². The average Bonchev–Trinajstić information content (AvgIpc) is 2.48. The fourth-order valence-electron chi connectivity index (χ4n) is 3.01. The molecule has 4 heteroatoms. The highest BCUT2D eigenvalue weighted by atomic mass is 79.9. The van der Waals surface area contributed by atoms with Crippen LogP contribution in [0.2, 0.25) is 0 Å². The Kier molecular flexibility index (Phi) is 6.33. The molecule has 0 aromatic heterocycles. The van der Waals surface area contributed by atoms with E-state index in [0.29, 0.717) is 6.04 Å². The van der Waals surface area contributed by atoms with Gasteiger partial charge in [-0.1, -0.05) is 25.3 Å². The van der Waals surface area contributed by atoms with Crippen LogP contribution in [0.3, 0.4) is 0 Å². The van der Waals surface area contributed by atoms with Crippen molar-refractivity contribution in [1.29, 1.82) is 0 Å². The molecule has 1 N–H and O–H groups in total. The number of hydrogen-bond acceptors (Lipinski definition) is 3. The van der Waals surface area contributed by atoms with E-state index < -0.39 is 0 Å². The minimum absolute atomic E-state index is 0.230. The van der Waals surface area contributed by atoms with Gasteiger partial charge in [0.1, 0.15) is 5.75 Å². The van der Waals surface area contributed by atoms with Crippen LogP contribution < -0.4 is 4.74 Å². The minimum atomic E-state index is 0.230. The van der Waals surface area contributed by atoms with E-state index in [1.54, 1.807) is 7.11 Å². The van der Waals surface area contributed by atoms with Crippen LogP contribution in [0.25, 0.3) is 0 Å². The van der Waals surface area contributed by atoms with Gasteiger partial charge in [-0.25, -0.2) is 0 Å². The van der Waals surface area contributed by atoms with Gasteiger partial charge < -0.3 is 9.84 Å². The zero-order chi connectivity index (χ0) is 14.4. The van der Waals surface area contributed by atoms with E-state index in [1.807, 2.05) is 6.07 Å². The van der Waals surface area contributed by atoms with Crippen LogP contribution in [-0.2, 0) is 6.54 Å². The van der Waals surface area contributed by atoms with Gasteiger partial charge in [-0.2, -0.15) is 0 Å². The Labute approximate surface area is 130 Å². The Morgan fingerprint density at radius 1 is 1.30 bits per heavy atom. The van der Waals surface area contributed by atoms with Crippen molar-refractivity contribution in [3.8, 4) is 5.75 Å². The maximum absolute atomic E-state index is 9.31. The molecule has 3 nitrogen and oxygen atoms in total. The molecule has 1 aromatic rings. The van der Waals surface area contributed by atoms with Gasteiger partial charge in [0.15, 0.2) is 0 Å². The highest BCUT2D eigenvalue weighted by Crippen LogP contribution is 2.28. The summed E-state index contributed by atoms with van der Waals surface area (Å²) in [7, 11) is 1.68. The number of aliphatic hydroxyl groups excluding tert-OH is 1. The molecule has 112 valence electrons. The fourth-order valence-corrected chi connectivity index (χ4v) is 3.60. The Bertz CT molecular complexity index is 419. The van der Waals surface area contributed by atoms with Crippen LogP contribution in [0.5, 0.6) is 5.75 Å². The number of aliphatic hydroxyl groups is 1. The second kappa shape index (κ2) is 8.01. The van der Waals surface area contributed by atoms with Crippen molar-refractivity contribution in [1.82, 2.24) is 4.90 Å². The Morgan fingerprint density at radius 2 is 2.05 bits per heavy atom. The van der Waals surface area contributed by atoms with Crippen molar-refractivity contribution in [3.63, 3.8) is 0 Å². The lowest BCUT2D eigenvalue weighted by molar-refractivity contribution is 0.117. The van der Waals surface area contributed by atoms with E-state index in [1.165, 1.54) is 37.7 Å². The summed E-state index contributed by atoms with van der Waals surface area (Å²) in [5.74, 6) is 0.861. The first-order chi connectivity index (χ1) is 9.74. The Morgan fingerprint density at radius 3 is 2.65 bits per heavy atom. The molecule has 0 amide bonds. The van der Waals surface area contributed by atoms with Crippen molar-refractivity contribution in [2.45, 2.75) is 44.7 Å². The van der Waals surface area contributed by atoms with Crippen LogP contribution in [0.15, 0.2) is 22.7 Å². The smallest absolute Gasteiger partial charge is 0.133 e. The number of nitrogens with zero attached hydrogens (tertiary/aromatic N) is 1. The van der Waals surface area contributed by atoms with Crippen molar-refractivity contribution >= 4 is 15.9 Å². The van der Waals surface area contributed by atoms with Crippen LogP contribution in [-0.4, -0.2) is 36.3 Å². The number of hydrogen-bond donors (Lipinski definition) is 1. The molecule has 1 aromatic carbocycles. The number of methoxy groups -OCH3 is 1. The van der Waals surface area contributed by atoms with Gasteiger partial charge in [0.25, 0.3) is 0 Å². The van der Waals surface area contributed by atoms with Gasteiger partial charge >= 0.3 is 0 Å². The first kappa shape index (κ1) is 15.8. The molecular weight excluding hydrogens is 318 g/mol. The lowest BCUT2D eigenvalue weighted by Crippen LogP contribution is -2.38. The summed E-state index contributed by atoms with van der Waals surface area (Å²) in [6.45, 7) is 1.88. The topological polar surface area (TPSA) is 32.7 Å². The normalized spacial score (nSPS) is 16.6. The van der Waals surface area contributed by atoms with Crippen molar-refractivity contribution < 1.29 is 9.84 Å². The summed E-state index contributed by atoms with van der Waals surface area (Å²) in [6.07, 6.45) is 6.52. The van der Waals surface area contributed by atoms with Gasteiger partial charge in [-0.05, 0) is 46.5 Å². The maximum Gasteiger partial charge on any atom is 0.133 e. The first-order valence-corrected chi connectivity index (χ1v) is 8.21. The second-order valence-electron chi connectivity index (χ2n) is 5.45. The van der Waals surface area contributed by atoms with Crippen LogP contribution in [0.4, 0.5) is 0 Å². The van der Waals surface area contributed by atoms with Gasteiger partial charge in [0.05, 0.1) is 18.2 Å². The average molecular weight is 342 g/mol. The molecule has 0 spiro atoms. The minimum Gasteiger partial charge on any atom is -0.496 e. The zero-order valence-corrected chi connectivity index (χ0v) is 13.7. The Hall–Kier alpha value is -0.580. The third-order valence-electron chi connectivity index (χ3n) is 4.08. The molecule has 1 fully saturated rings. The molecule has 0 unspecified atom stereocenters. The van der Waals surface area contributed by atoms with Crippen molar-refractivity contribution in [2.24, 2.45) is 0 Å². The molecule has 1 saturated carbocycles. The summed E-state index contributed by atoms with van der Waals surface area (Å²) >= 11 is 3.54. The Balaban J connectivity index is 2.04. The summed E-state index contributed by atoms with van der Waals surface area (Å²) < 4.78 is 6.26. The largest absolute Gasteiger partial charge is 0.496 e. The molecule has 2 rings (SSSR count). The third-order valence-corrected chi connectivity index (χ3v) is 4.70. The molecule has 0 atom stereocenters. The van der Waals surface area contributed by atoms with E-state index in [2.05, 4.69) is 33.0 Å². The van der Waals surface area contributed by atoms with E-state index in [9.17, 15) is 5.11 Å². The van der Waals surface area contributed by atoms with Crippen LogP contribution in [0, 0.1) is 0 Å². The number of halogens is 1. The predicted octanol–water partition coefficient (Wildman–Crippen LogP) is 3.58. The highest BCUT2D eigenvalue weighted by molar-refractivity contribution is 9.10. The monoisotopic (exact) mass is 341 g/mol. The summed E-state index contributed by atoms with van der Waals surface area (Å²) in [5.41, 5.74) is 1.26. The standard InChI is InChI=1S/C16H24BrNO2/c1-20-16-8-7-13(11-15(16)17)12-18(9-10-19)14-5-3-2-4-6-14/h7-8,11,14,19H,2-6,9-10,12H2,1H3. The molecule has 0 heterocycles. The van der Waals surface area contributed by atoms with Crippen molar-refractivity contribution in [2.75, 3.05) is 20.3 Å². The number of benzene rings is 1. The quantitative estimate of drug-likeness (QED) is 0.858. The maximum atomic E-state index is 9.31.